The van der Waals surface area contributed by atoms with E-state index in [1.807, 2.05) is 0 Å². The Balaban J connectivity index is 1.33. The van der Waals surface area contributed by atoms with Crippen LogP contribution in [0.1, 0.15) is 17.4 Å². The standard InChI is InChI=1S/C26H19FN6O3/c1-16(34)30-24-14-21(10-12-28-24)36-20-8-6-19(7-9-20)31-26(35)22-15-23(17-2-4-18(27)5-3-17)33-25(32-22)11-13-29-33/h2-15H,1H3,(H,31,35)(H,28,30,34). The third kappa shape index (κ3) is 5.02. The van der Waals surface area contributed by atoms with Crippen molar-refractivity contribution in [2.75, 3.05) is 10.6 Å². The third-order valence-electron chi connectivity index (χ3n) is 5.12. The minimum atomic E-state index is -0.412. The van der Waals surface area contributed by atoms with Gasteiger partial charge in [0.2, 0.25) is 5.91 Å². The molecule has 2 aromatic carbocycles. The highest BCUT2D eigenvalue weighted by molar-refractivity contribution is 6.03. The molecule has 0 aliphatic rings. The first-order chi connectivity index (χ1) is 17.4. The van der Waals surface area contributed by atoms with Crippen molar-refractivity contribution < 1.29 is 18.7 Å². The number of anilines is 2. The lowest BCUT2D eigenvalue weighted by Gasteiger charge is -2.10. The highest BCUT2D eigenvalue weighted by atomic mass is 19.1. The van der Waals surface area contributed by atoms with Gasteiger partial charge >= 0.3 is 0 Å². The average Bonchev–Trinajstić information content (AvgIpc) is 3.34. The average molecular weight is 482 g/mol. The summed E-state index contributed by atoms with van der Waals surface area (Å²) in [6, 6.07) is 19.3. The highest BCUT2D eigenvalue weighted by Crippen LogP contribution is 2.25. The van der Waals surface area contributed by atoms with Crippen molar-refractivity contribution in [1.82, 2.24) is 19.6 Å². The van der Waals surface area contributed by atoms with E-state index in [0.717, 1.165) is 0 Å². The third-order valence-corrected chi connectivity index (χ3v) is 5.12. The summed E-state index contributed by atoms with van der Waals surface area (Å²) in [6.45, 7) is 1.40. The molecular weight excluding hydrogens is 463 g/mol. The van der Waals surface area contributed by atoms with Crippen LogP contribution >= 0.6 is 0 Å². The zero-order valence-corrected chi connectivity index (χ0v) is 19.0. The van der Waals surface area contributed by atoms with Gasteiger partial charge in [-0.15, -0.1) is 0 Å². The largest absolute Gasteiger partial charge is 0.457 e. The van der Waals surface area contributed by atoms with Gasteiger partial charge in [-0.3, -0.25) is 9.59 Å². The number of hydrogen-bond acceptors (Lipinski definition) is 6. The van der Waals surface area contributed by atoms with E-state index in [9.17, 15) is 14.0 Å². The summed E-state index contributed by atoms with van der Waals surface area (Å²) in [4.78, 5) is 32.6. The zero-order chi connectivity index (χ0) is 25.1. The van der Waals surface area contributed by atoms with Crippen LogP contribution in [-0.2, 0) is 4.79 Å². The van der Waals surface area contributed by atoms with Crippen LogP contribution in [0.3, 0.4) is 0 Å². The van der Waals surface area contributed by atoms with Crippen molar-refractivity contribution in [1.29, 1.82) is 0 Å². The van der Waals surface area contributed by atoms with E-state index < -0.39 is 5.91 Å². The summed E-state index contributed by atoms with van der Waals surface area (Å²) in [5, 5.41) is 9.67. The van der Waals surface area contributed by atoms with Crippen molar-refractivity contribution in [3.8, 4) is 22.8 Å². The van der Waals surface area contributed by atoms with E-state index in [0.29, 0.717) is 39.9 Å². The number of pyridine rings is 1. The molecule has 3 heterocycles. The minimum Gasteiger partial charge on any atom is -0.457 e. The van der Waals surface area contributed by atoms with Crippen molar-refractivity contribution >= 4 is 29.0 Å². The number of carbonyl (C=O) groups excluding carboxylic acids is 2. The Labute approximate surface area is 204 Å². The smallest absolute Gasteiger partial charge is 0.274 e. The number of nitrogens with zero attached hydrogens (tertiary/aromatic N) is 4. The van der Waals surface area contributed by atoms with Gasteiger partial charge in [0, 0.05) is 36.5 Å². The summed E-state index contributed by atoms with van der Waals surface area (Å²) in [5.41, 5.74) is 2.52. The van der Waals surface area contributed by atoms with E-state index >= 15 is 0 Å². The Morgan fingerprint density at radius 1 is 0.889 bits per heavy atom. The number of benzene rings is 2. The molecule has 5 rings (SSSR count). The van der Waals surface area contributed by atoms with Gasteiger partial charge in [0.05, 0.1) is 11.9 Å². The molecule has 0 spiro atoms. The van der Waals surface area contributed by atoms with Gasteiger partial charge in [0.15, 0.2) is 5.65 Å². The predicted molar refractivity (Wildman–Crippen MR) is 131 cm³/mol. The molecule has 0 radical (unpaired) electrons. The number of ether oxygens (including phenoxy) is 1. The Morgan fingerprint density at radius 2 is 1.67 bits per heavy atom. The molecule has 3 aromatic heterocycles. The van der Waals surface area contributed by atoms with E-state index in [4.69, 9.17) is 4.74 Å². The van der Waals surface area contributed by atoms with Crippen LogP contribution in [0.2, 0.25) is 0 Å². The lowest BCUT2D eigenvalue weighted by molar-refractivity contribution is -0.114. The van der Waals surface area contributed by atoms with E-state index in [2.05, 4.69) is 25.7 Å². The van der Waals surface area contributed by atoms with E-state index in [1.165, 1.54) is 25.3 Å². The molecule has 2 amide bonds. The molecule has 9 nitrogen and oxygen atoms in total. The molecule has 0 atom stereocenters. The quantitative estimate of drug-likeness (QED) is 0.355. The first kappa shape index (κ1) is 22.7. The molecule has 0 aliphatic carbocycles. The van der Waals surface area contributed by atoms with Crippen molar-refractivity contribution in [3.63, 3.8) is 0 Å². The second-order valence-electron chi connectivity index (χ2n) is 7.77. The molecule has 5 aromatic rings. The van der Waals surface area contributed by atoms with Crippen molar-refractivity contribution in [2.45, 2.75) is 6.92 Å². The summed E-state index contributed by atoms with van der Waals surface area (Å²) < 4.78 is 20.8. The fraction of sp³-hybridized carbons (Fsp3) is 0.0385. The molecule has 0 fully saturated rings. The highest BCUT2D eigenvalue weighted by Gasteiger charge is 2.15. The van der Waals surface area contributed by atoms with Crippen LogP contribution in [0.5, 0.6) is 11.5 Å². The van der Waals surface area contributed by atoms with Crippen LogP contribution < -0.4 is 15.4 Å². The van der Waals surface area contributed by atoms with Gasteiger partial charge in [0.1, 0.15) is 28.8 Å². The Morgan fingerprint density at radius 3 is 2.42 bits per heavy atom. The fourth-order valence-electron chi connectivity index (χ4n) is 3.52. The number of amides is 2. The molecule has 0 saturated carbocycles. The summed E-state index contributed by atoms with van der Waals surface area (Å²) in [5.74, 6) is 0.414. The number of aromatic nitrogens is 4. The zero-order valence-electron chi connectivity index (χ0n) is 19.0. The molecular formula is C26H19FN6O3. The van der Waals surface area contributed by atoms with Crippen LogP contribution in [0.25, 0.3) is 16.9 Å². The molecule has 178 valence electrons. The summed E-state index contributed by atoms with van der Waals surface area (Å²) in [6.07, 6.45) is 3.11. The summed E-state index contributed by atoms with van der Waals surface area (Å²) in [7, 11) is 0. The molecule has 0 bridgehead atoms. The molecule has 10 heteroatoms. The minimum absolute atomic E-state index is 0.185. The van der Waals surface area contributed by atoms with E-state index in [-0.39, 0.29) is 17.4 Å². The lowest BCUT2D eigenvalue weighted by atomic mass is 10.1. The first-order valence-electron chi connectivity index (χ1n) is 10.9. The second-order valence-corrected chi connectivity index (χ2v) is 7.77. The monoisotopic (exact) mass is 482 g/mol. The van der Waals surface area contributed by atoms with Crippen LogP contribution in [0.4, 0.5) is 15.9 Å². The number of nitrogens with one attached hydrogen (secondary N) is 2. The van der Waals surface area contributed by atoms with Crippen LogP contribution in [-0.4, -0.2) is 31.4 Å². The Kier molecular flexibility index (Phi) is 6.06. The maximum absolute atomic E-state index is 13.4. The number of fused-ring (bicyclic) bond motifs is 1. The van der Waals surface area contributed by atoms with Crippen molar-refractivity contribution in [2.24, 2.45) is 0 Å². The maximum atomic E-state index is 13.4. The topological polar surface area (TPSA) is 111 Å². The number of carbonyl (C=O) groups is 2. The maximum Gasteiger partial charge on any atom is 0.274 e. The number of halogens is 1. The SMILES string of the molecule is CC(=O)Nc1cc(Oc2ccc(NC(=O)c3cc(-c4ccc(F)cc4)n4nccc4n3)cc2)ccn1. The van der Waals surface area contributed by atoms with E-state index in [1.54, 1.807) is 71.4 Å². The molecule has 36 heavy (non-hydrogen) atoms. The Bertz CT molecular complexity index is 1570. The van der Waals surface area contributed by atoms with Gasteiger partial charge in [-0.05, 0) is 60.7 Å². The molecule has 0 unspecified atom stereocenters. The lowest BCUT2D eigenvalue weighted by Crippen LogP contribution is -2.15. The van der Waals surface area contributed by atoms with Gasteiger partial charge in [-0.1, -0.05) is 0 Å². The number of hydrogen-bond donors (Lipinski definition) is 2. The van der Waals surface area contributed by atoms with Crippen LogP contribution in [0.15, 0.2) is 85.2 Å². The predicted octanol–water partition coefficient (Wildman–Crippen LogP) is 4.93. The van der Waals surface area contributed by atoms with Gasteiger partial charge in [-0.25, -0.2) is 18.9 Å². The fourth-order valence-corrected chi connectivity index (χ4v) is 3.52. The molecule has 0 saturated heterocycles. The second kappa shape index (κ2) is 9.63. The van der Waals surface area contributed by atoms with Gasteiger partial charge in [0.25, 0.3) is 5.91 Å². The van der Waals surface area contributed by atoms with Crippen LogP contribution in [0, 0.1) is 5.82 Å². The first-order valence-corrected chi connectivity index (χ1v) is 10.9. The molecule has 0 aliphatic heterocycles. The molecule has 2 N–H and O–H groups in total. The normalized spacial score (nSPS) is 10.7. The number of rotatable bonds is 6. The van der Waals surface area contributed by atoms with Gasteiger partial charge < -0.3 is 15.4 Å². The summed E-state index contributed by atoms with van der Waals surface area (Å²) >= 11 is 0. The van der Waals surface area contributed by atoms with Gasteiger partial charge in [-0.2, -0.15) is 5.10 Å². The van der Waals surface area contributed by atoms with Crippen molar-refractivity contribution in [3.05, 3.63) is 96.7 Å². The Hall–Kier alpha value is -5.12.